The molecule has 2 N–H and O–H groups in total. The van der Waals surface area contributed by atoms with Gasteiger partial charge in [0.25, 0.3) is 5.69 Å². The standard InChI is InChI=1S/C13H16N2O4/c1-7-11(14-8(2)9-3-4-9)5-10(13(16)17)6-12(7)15(18)19/h5-6,8-9,14H,3-4H2,1-2H3,(H,16,17). The van der Waals surface area contributed by atoms with Crippen LogP contribution in [0, 0.1) is 23.0 Å². The number of nitrogens with zero attached hydrogens (tertiary/aromatic N) is 1. The number of nitrogens with one attached hydrogen (secondary N) is 1. The lowest BCUT2D eigenvalue weighted by molar-refractivity contribution is -0.385. The Morgan fingerprint density at radius 3 is 2.63 bits per heavy atom. The predicted octanol–water partition coefficient (Wildman–Crippen LogP) is 2.81. The number of nitro benzene ring substituents is 1. The molecule has 1 fully saturated rings. The number of aromatic carboxylic acids is 1. The van der Waals surface area contributed by atoms with Gasteiger partial charge >= 0.3 is 5.97 Å². The molecule has 1 unspecified atom stereocenters. The second-order valence-electron chi connectivity index (χ2n) is 5.00. The Morgan fingerprint density at radius 1 is 1.53 bits per heavy atom. The highest BCUT2D eigenvalue weighted by atomic mass is 16.6. The topological polar surface area (TPSA) is 92.5 Å². The SMILES string of the molecule is Cc1c(NC(C)C2CC2)cc(C(=O)O)cc1[N+](=O)[O-]. The quantitative estimate of drug-likeness (QED) is 0.630. The van der Waals surface area contributed by atoms with Crippen molar-refractivity contribution in [1.29, 1.82) is 0 Å². The average Bonchev–Trinajstić information content (AvgIpc) is 3.14. The average molecular weight is 264 g/mol. The van der Waals surface area contributed by atoms with E-state index in [1.54, 1.807) is 6.92 Å². The summed E-state index contributed by atoms with van der Waals surface area (Å²) in [7, 11) is 0. The van der Waals surface area contributed by atoms with E-state index in [0.29, 0.717) is 17.2 Å². The molecule has 1 aromatic rings. The minimum Gasteiger partial charge on any atom is -0.478 e. The van der Waals surface area contributed by atoms with Gasteiger partial charge in [-0.25, -0.2) is 4.79 Å². The third-order valence-electron chi connectivity index (χ3n) is 3.54. The highest BCUT2D eigenvalue weighted by Gasteiger charge is 2.29. The van der Waals surface area contributed by atoms with E-state index in [1.807, 2.05) is 6.92 Å². The number of benzene rings is 1. The second kappa shape index (κ2) is 4.87. The third kappa shape index (κ3) is 2.83. The van der Waals surface area contributed by atoms with E-state index in [4.69, 9.17) is 5.11 Å². The number of rotatable bonds is 5. The molecular weight excluding hydrogens is 248 g/mol. The van der Waals surface area contributed by atoms with Crippen LogP contribution in [0.15, 0.2) is 12.1 Å². The van der Waals surface area contributed by atoms with Gasteiger partial charge in [0.05, 0.1) is 10.5 Å². The molecule has 0 aliphatic heterocycles. The molecule has 0 spiro atoms. The molecule has 0 aromatic heterocycles. The molecule has 6 heteroatoms. The molecule has 1 aliphatic carbocycles. The lowest BCUT2D eigenvalue weighted by Gasteiger charge is -2.17. The summed E-state index contributed by atoms with van der Waals surface area (Å²) in [6.45, 7) is 3.64. The molecule has 0 bridgehead atoms. The van der Waals surface area contributed by atoms with Gasteiger partial charge in [-0.05, 0) is 38.7 Å². The molecule has 102 valence electrons. The summed E-state index contributed by atoms with van der Waals surface area (Å²) in [6.07, 6.45) is 2.29. The van der Waals surface area contributed by atoms with Gasteiger partial charge in [-0.3, -0.25) is 10.1 Å². The van der Waals surface area contributed by atoms with Gasteiger partial charge in [-0.2, -0.15) is 0 Å². The molecule has 19 heavy (non-hydrogen) atoms. The molecule has 0 radical (unpaired) electrons. The highest BCUT2D eigenvalue weighted by molar-refractivity contribution is 5.90. The first kappa shape index (κ1) is 13.3. The van der Waals surface area contributed by atoms with Crippen LogP contribution in [0.25, 0.3) is 0 Å². The van der Waals surface area contributed by atoms with E-state index >= 15 is 0 Å². The first-order valence-electron chi connectivity index (χ1n) is 6.19. The maximum Gasteiger partial charge on any atom is 0.336 e. The molecular formula is C13H16N2O4. The van der Waals surface area contributed by atoms with Gasteiger partial charge in [-0.1, -0.05) is 0 Å². The zero-order chi connectivity index (χ0) is 14.2. The van der Waals surface area contributed by atoms with E-state index in [1.165, 1.54) is 6.07 Å². The van der Waals surface area contributed by atoms with Gasteiger partial charge in [-0.15, -0.1) is 0 Å². The second-order valence-corrected chi connectivity index (χ2v) is 5.00. The van der Waals surface area contributed by atoms with Crippen molar-refractivity contribution in [2.75, 3.05) is 5.32 Å². The van der Waals surface area contributed by atoms with Gasteiger partial charge in [0, 0.05) is 23.4 Å². The van der Waals surface area contributed by atoms with Crippen LogP contribution < -0.4 is 5.32 Å². The minimum atomic E-state index is -1.16. The molecule has 1 saturated carbocycles. The summed E-state index contributed by atoms with van der Waals surface area (Å²) >= 11 is 0. The Morgan fingerprint density at radius 2 is 2.16 bits per heavy atom. The zero-order valence-corrected chi connectivity index (χ0v) is 10.8. The van der Waals surface area contributed by atoms with Crippen LogP contribution in [0.5, 0.6) is 0 Å². The maximum atomic E-state index is 11.0. The zero-order valence-electron chi connectivity index (χ0n) is 10.8. The summed E-state index contributed by atoms with van der Waals surface area (Å²) in [6, 6.07) is 2.76. The van der Waals surface area contributed by atoms with Crippen molar-refractivity contribution in [2.24, 2.45) is 5.92 Å². The van der Waals surface area contributed by atoms with Crippen LogP contribution >= 0.6 is 0 Å². The number of nitro groups is 1. The number of carboxylic acid groups (broad SMARTS) is 1. The predicted molar refractivity (Wildman–Crippen MR) is 70.6 cm³/mol. The van der Waals surface area contributed by atoms with Crippen molar-refractivity contribution in [1.82, 2.24) is 0 Å². The number of hydrogen-bond donors (Lipinski definition) is 2. The highest BCUT2D eigenvalue weighted by Crippen LogP contribution is 2.36. The van der Waals surface area contributed by atoms with Gasteiger partial charge in [0.15, 0.2) is 0 Å². The lowest BCUT2D eigenvalue weighted by atomic mass is 10.1. The van der Waals surface area contributed by atoms with Crippen LogP contribution in [0.1, 0.15) is 35.7 Å². The van der Waals surface area contributed by atoms with Crippen LogP contribution in [-0.4, -0.2) is 22.0 Å². The monoisotopic (exact) mass is 264 g/mol. The van der Waals surface area contributed by atoms with E-state index in [0.717, 1.165) is 18.9 Å². The van der Waals surface area contributed by atoms with E-state index in [9.17, 15) is 14.9 Å². The van der Waals surface area contributed by atoms with Crippen molar-refractivity contribution in [2.45, 2.75) is 32.7 Å². The largest absolute Gasteiger partial charge is 0.478 e. The van der Waals surface area contributed by atoms with E-state index in [2.05, 4.69) is 5.32 Å². The Kier molecular flexibility index (Phi) is 3.42. The molecule has 0 amide bonds. The van der Waals surface area contributed by atoms with Gasteiger partial charge < -0.3 is 10.4 Å². The Hall–Kier alpha value is -2.11. The van der Waals surface area contributed by atoms with Crippen LogP contribution in [-0.2, 0) is 0 Å². The number of hydrogen-bond acceptors (Lipinski definition) is 4. The van der Waals surface area contributed by atoms with Crippen molar-refractivity contribution < 1.29 is 14.8 Å². The van der Waals surface area contributed by atoms with Gasteiger partial charge in [0.1, 0.15) is 0 Å². The number of anilines is 1. The molecule has 1 atom stereocenters. The smallest absolute Gasteiger partial charge is 0.336 e. The fraction of sp³-hybridized carbons (Fsp3) is 0.462. The molecule has 0 heterocycles. The fourth-order valence-corrected chi connectivity index (χ4v) is 2.12. The van der Waals surface area contributed by atoms with Crippen LogP contribution in [0.3, 0.4) is 0 Å². The molecule has 0 saturated heterocycles. The Bertz CT molecular complexity index is 538. The first-order valence-corrected chi connectivity index (χ1v) is 6.19. The van der Waals surface area contributed by atoms with E-state index < -0.39 is 10.9 Å². The van der Waals surface area contributed by atoms with E-state index in [-0.39, 0.29) is 17.3 Å². The summed E-state index contributed by atoms with van der Waals surface area (Å²) in [5.74, 6) is -0.586. The van der Waals surface area contributed by atoms with Crippen LogP contribution in [0.4, 0.5) is 11.4 Å². The lowest BCUT2D eigenvalue weighted by Crippen LogP contribution is -2.18. The first-order chi connectivity index (χ1) is 8.90. The number of carbonyl (C=O) groups is 1. The Balaban J connectivity index is 2.39. The summed E-state index contributed by atoms with van der Waals surface area (Å²) in [4.78, 5) is 21.4. The van der Waals surface area contributed by atoms with Crippen LogP contribution in [0.2, 0.25) is 0 Å². The van der Waals surface area contributed by atoms with Crippen molar-refractivity contribution >= 4 is 17.3 Å². The van der Waals surface area contributed by atoms with Crippen molar-refractivity contribution in [3.05, 3.63) is 33.4 Å². The third-order valence-corrected chi connectivity index (χ3v) is 3.54. The number of carboxylic acids is 1. The molecule has 1 aromatic carbocycles. The minimum absolute atomic E-state index is 0.0669. The maximum absolute atomic E-state index is 11.0. The Labute approximate surface area is 110 Å². The molecule has 1 aliphatic rings. The molecule has 2 rings (SSSR count). The molecule has 6 nitrogen and oxygen atoms in total. The van der Waals surface area contributed by atoms with Crippen molar-refractivity contribution in [3.8, 4) is 0 Å². The summed E-state index contributed by atoms with van der Waals surface area (Å²) < 4.78 is 0. The van der Waals surface area contributed by atoms with Gasteiger partial charge in [0.2, 0.25) is 0 Å². The summed E-state index contributed by atoms with van der Waals surface area (Å²) in [5.41, 5.74) is 0.779. The van der Waals surface area contributed by atoms with Crippen molar-refractivity contribution in [3.63, 3.8) is 0 Å². The summed E-state index contributed by atoms with van der Waals surface area (Å²) in [5, 5.41) is 23.2. The normalized spacial score (nSPS) is 15.9. The fourth-order valence-electron chi connectivity index (χ4n) is 2.12.